The van der Waals surface area contributed by atoms with Gasteiger partial charge in [-0.2, -0.15) is 18.4 Å². The van der Waals surface area contributed by atoms with Crippen LogP contribution >= 0.6 is 0 Å². The molecule has 0 N–H and O–H groups in total. The quantitative estimate of drug-likeness (QED) is 0.791. The van der Waals surface area contributed by atoms with Crippen LogP contribution in [-0.4, -0.2) is 19.2 Å². The maximum absolute atomic E-state index is 12.4. The standard InChI is InChI=1S/C12H10F3NO3/c1-2-18-11(17)7-19-10-4-3-9(12(13,14)15)5-8(10)6-16/h3-5H,2,7H2,1H3. The predicted octanol–water partition coefficient (Wildman–Crippen LogP) is 2.52. The summed E-state index contributed by atoms with van der Waals surface area (Å²) in [5.41, 5.74) is -1.24. The molecule has 0 saturated carbocycles. The molecule has 0 aliphatic heterocycles. The fourth-order valence-electron chi connectivity index (χ4n) is 1.26. The van der Waals surface area contributed by atoms with Crippen LogP contribution in [0.15, 0.2) is 18.2 Å². The minimum Gasteiger partial charge on any atom is -0.481 e. The monoisotopic (exact) mass is 273 g/mol. The maximum Gasteiger partial charge on any atom is 0.416 e. The fraction of sp³-hybridized carbons (Fsp3) is 0.333. The second-order valence-corrected chi connectivity index (χ2v) is 3.41. The van der Waals surface area contributed by atoms with E-state index in [0.29, 0.717) is 6.07 Å². The first kappa shape index (κ1) is 14.8. The Morgan fingerprint density at radius 3 is 2.63 bits per heavy atom. The summed E-state index contributed by atoms with van der Waals surface area (Å²) < 4.78 is 46.8. The van der Waals surface area contributed by atoms with Crippen LogP contribution in [0.1, 0.15) is 18.1 Å². The number of benzene rings is 1. The van der Waals surface area contributed by atoms with Gasteiger partial charge in [0, 0.05) is 0 Å². The van der Waals surface area contributed by atoms with E-state index >= 15 is 0 Å². The Balaban J connectivity index is 2.86. The minimum atomic E-state index is -4.54. The van der Waals surface area contributed by atoms with Crippen molar-refractivity contribution in [3.8, 4) is 11.8 Å². The van der Waals surface area contributed by atoms with Gasteiger partial charge in [-0.1, -0.05) is 0 Å². The zero-order valence-corrected chi connectivity index (χ0v) is 9.95. The number of carbonyl (C=O) groups excluding carboxylic acids is 1. The summed E-state index contributed by atoms with van der Waals surface area (Å²) in [5.74, 6) is -0.755. The number of rotatable bonds is 4. The van der Waals surface area contributed by atoms with Crippen molar-refractivity contribution in [1.82, 2.24) is 0 Å². The van der Waals surface area contributed by atoms with Gasteiger partial charge in [-0.05, 0) is 25.1 Å². The third kappa shape index (κ3) is 4.17. The molecule has 0 saturated heterocycles. The minimum absolute atomic E-state index is 0.0939. The maximum atomic E-state index is 12.4. The highest BCUT2D eigenvalue weighted by atomic mass is 19.4. The lowest BCUT2D eigenvalue weighted by Gasteiger charge is -2.10. The van der Waals surface area contributed by atoms with Gasteiger partial charge in [-0.3, -0.25) is 0 Å². The van der Waals surface area contributed by atoms with Crippen LogP contribution in [-0.2, 0) is 15.7 Å². The molecule has 19 heavy (non-hydrogen) atoms. The van der Waals surface area contributed by atoms with Crippen molar-refractivity contribution in [2.24, 2.45) is 0 Å². The molecule has 0 fully saturated rings. The van der Waals surface area contributed by atoms with Gasteiger partial charge in [0.1, 0.15) is 11.8 Å². The van der Waals surface area contributed by atoms with Crippen LogP contribution in [0.4, 0.5) is 13.2 Å². The van der Waals surface area contributed by atoms with Gasteiger partial charge in [0.2, 0.25) is 0 Å². The molecule has 0 aliphatic carbocycles. The summed E-state index contributed by atoms with van der Waals surface area (Å²) in [6.45, 7) is 1.31. The zero-order chi connectivity index (χ0) is 14.5. The number of nitrogens with zero attached hydrogens (tertiary/aromatic N) is 1. The number of halogens is 3. The number of nitriles is 1. The number of hydrogen-bond donors (Lipinski definition) is 0. The van der Waals surface area contributed by atoms with Gasteiger partial charge in [0.15, 0.2) is 6.61 Å². The molecular formula is C12H10F3NO3. The van der Waals surface area contributed by atoms with E-state index < -0.39 is 24.3 Å². The van der Waals surface area contributed by atoms with E-state index in [4.69, 9.17) is 10.00 Å². The summed E-state index contributed by atoms with van der Waals surface area (Å²) in [4.78, 5) is 11.0. The summed E-state index contributed by atoms with van der Waals surface area (Å²) in [7, 11) is 0. The van der Waals surface area contributed by atoms with Crippen LogP contribution in [0, 0.1) is 11.3 Å². The third-order valence-corrected chi connectivity index (χ3v) is 2.08. The van der Waals surface area contributed by atoms with Gasteiger partial charge in [0.05, 0.1) is 17.7 Å². The summed E-state index contributed by atoms with van der Waals surface area (Å²) in [6.07, 6.45) is -4.54. The number of alkyl halides is 3. The summed E-state index contributed by atoms with van der Waals surface area (Å²) in [6, 6.07) is 4.03. The van der Waals surface area contributed by atoms with Crippen molar-refractivity contribution >= 4 is 5.97 Å². The van der Waals surface area contributed by atoms with E-state index in [2.05, 4.69) is 4.74 Å². The molecule has 4 nitrogen and oxygen atoms in total. The van der Waals surface area contributed by atoms with E-state index in [1.54, 1.807) is 13.0 Å². The van der Waals surface area contributed by atoms with E-state index in [9.17, 15) is 18.0 Å². The number of carbonyl (C=O) groups is 1. The van der Waals surface area contributed by atoms with Crippen LogP contribution in [0.5, 0.6) is 5.75 Å². The van der Waals surface area contributed by atoms with E-state index in [-0.39, 0.29) is 17.9 Å². The molecule has 0 aliphatic rings. The molecule has 0 spiro atoms. The van der Waals surface area contributed by atoms with Crippen molar-refractivity contribution < 1.29 is 27.4 Å². The first-order valence-corrected chi connectivity index (χ1v) is 5.28. The van der Waals surface area contributed by atoms with Gasteiger partial charge in [-0.15, -0.1) is 0 Å². The first-order valence-electron chi connectivity index (χ1n) is 5.28. The number of hydrogen-bond acceptors (Lipinski definition) is 4. The molecular weight excluding hydrogens is 263 g/mol. The Kier molecular flexibility index (Phi) is 4.75. The lowest BCUT2D eigenvalue weighted by Crippen LogP contribution is -2.15. The van der Waals surface area contributed by atoms with Crippen molar-refractivity contribution in [3.63, 3.8) is 0 Å². The Bertz CT molecular complexity index is 506. The van der Waals surface area contributed by atoms with E-state index in [1.165, 1.54) is 0 Å². The molecule has 0 radical (unpaired) electrons. The lowest BCUT2D eigenvalue weighted by molar-refractivity contribution is -0.145. The average molecular weight is 273 g/mol. The molecule has 0 unspecified atom stereocenters. The molecule has 1 aromatic rings. The summed E-state index contributed by atoms with van der Waals surface area (Å²) >= 11 is 0. The number of esters is 1. The van der Waals surface area contributed by atoms with Crippen LogP contribution in [0.3, 0.4) is 0 Å². The highest BCUT2D eigenvalue weighted by molar-refractivity contribution is 5.71. The van der Waals surface area contributed by atoms with Crippen LogP contribution in [0.2, 0.25) is 0 Å². The second kappa shape index (κ2) is 6.09. The Morgan fingerprint density at radius 1 is 1.42 bits per heavy atom. The smallest absolute Gasteiger partial charge is 0.416 e. The van der Waals surface area contributed by atoms with E-state index in [0.717, 1.165) is 12.1 Å². The Morgan fingerprint density at radius 2 is 2.11 bits per heavy atom. The normalized spacial score (nSPS) is 10.7. The molecule has 0 heterocycles. The zero-order valence-electron chi connectivity index (χ0n) is 9.95. The molecule has 0 amide bonds. The second-order valence-electron chi connectivity index (χ2n) is 3.41. The molecule has 7 heteroatoms. The Hall–Kier alpha value is -2.23. The lowest BCUT2D eigenvalue weighted by atomic mass is 10.1. The van der Waals surface area contributed by atoms with Gasteiger partial charge in [0.25, 0.3) is 0 Å². The Labute approximate surface area is 107 Å². The van der Waals surface area contributed by atoms with Crippen molar-refractivity contribution in [2.45, 2.75) is 13.1 Å². The molecule has 0 bridgehead atoms. The topological polar surface area (TPSA) is 59.3 Å². The average Bonchev–Trinajstić information content (AvgIpc) is 2.35. The van der Waals surface area contributed by atoms with Gasteiger partial charge >= 0.3 is 12.1 Å². The summed E-state index contributed by atoms with van der Waals surface area (Å²) in [5, 5.41) is 8.76. The SMILES string of the molecule is CCOC(=O)COc1ccc(C(F)(F)F)cc1C#N. The molecule has 102 valence electrons. The molecule has 0 atom stereocenters. The molecule has 1 aromatic carbocycles. The van der Waals surface area contributed by atoms with Crippen molar-refractivity contribution in [2.75, 3.05) is 13.2 Å². The molecule has 1 rings (SSSR count). The van der Waals surface area contributed by atoms with Gasteiger partial charge < -0.3 is 9.47 Å². The van der Waals surface area contributed by atoms with Crippen LogP contribution < -0.4 is 4.74 Å². The van der Waals surface area contributed by atoms with E-state index in [1.807, 2.05) is 0 Å². The fourth-order valence-corrected chi connectivity index (χ4v) is 1.26. The third-order valence-electron chi connectivity index (χ3n) is 2.08. The largest absolute Gasteiger partial charge is 0.481 e. The highest BCUT2D eigenvalue weighted by Crippen LogP contribution is 2.32. The predicted molar refractivity (Wildman–Crippen MR) is 58.3 cm³/mol. The van der Waals surface area contributed by atoms with Crippen LogP contribution in [0.25, 0.3) is 0 Å². The van der Waals surface area contributed by atoms with Crippen molar-refractivity contribution in [3.05, 3.63) is 29.3 Å². The first-order chi connectivity index (χ1) is 8.88. The van der Waals surface area contributed by atoms with Gasteiger partial charge in [-0.25, -0.2) is 4.79 Å². The molecule has 0 aromatic heterocycles. The number of ether oxygens (including phenoxy) is 2. The van der Waals surface area contributed by atoms with Crippen molar-refractivity contribution in [1.29, 1.82) is 5.26 Å². The highest BCUT2D eigenvalue weighted by Gasteiger charge is 2.31.